The first kappa shape index (κ1) is 13.6. The van der Waals surface area contributed by atoms with Gasteiger partial charge in [-0.1, -0.05) is 6.07 Å². The average Bonchev–Trinajstić information content (AvgIpc) is 2.31. The van der Waals surface area contributed by atoms with Gasteiger partial charge in [0.25, 0.3) is 10.1 Å². The molecule has 2 N–H and O–H groups in total. The standard InChI is InChI=1S/C10H8N4O3S/c1-7-2-3-9(18(15,16)17)4-10(7)14-13-8(5-11)6-12/h2-4,14H,1H3,(H,15,16,17). The molecule has 1 aromatic carbocycles. The van der Waals surface area contributed by atoms with Crippen molar-refractivity contribution >= 4 is 21.5 Å². The highest BCUT2D eigenvalue weighted by atomic mass is 32.2. The maximum atomic E-state index is 10.9. The predicted molar refractivity (Wildman–Crippen MR) is 63.3 cm³/mol. The number of nitrogens with one attached hydrogen (secondary N) is 1. The van der Waals surface area contributed by atoms with E-state index in [0.29, 0.717) is 5.56 Å². The van der Waals surface area contributed by atoms with E-state index >= 15 is 0 Å². The van der Waals surface area contributed by atoms with E-state index in [1.165, 1.54) is 12.1 Å². The lowest BCUT2D eigenvalue weighted by Gasteiger charge is -2.06. The zero-order valence-corrected chi connectivity index (χ0v) is 10.1. The molecule has 0 aliphatic heterocycles. The maximum Gasteiger partial charge on any atom is 0.294 e. The highest BCUT2D eigenvalue weighted by Crippen LogP contribution is 2.19. The Bertz CT molecular complexity index is 664. The van der Waals surface area contributed by atoms with E-state index in [-0.39, 0.29) is 10.6 Å². The van der Waals surface area contributed by atoms with Gasteiger partial charge in [-0.2, -0.15) is 24.0 Å². The molecule has 0 atom stereocenters. The fraction of sp³-hybridized carbons (Fsp3) is 0.100. The molecule has 18 heavy (non-hydrogen) atoms. The average molecular weight is 264 g/mol. The minimum Gasteiger partial charge on any atom is -0.282 e. The second kappa shape index (κ2) is 5.27. The molecule has 0 spiro atoms. The van der Waals surface area contributed by atoms with Crippen LogP contribution < -0.4 is 5.43 Å². The van der Waals surface area contributed by atoms with Crippen LogP contribution in [0.15, 0.2) is 28.2 Å². The molecule has 0 amide bonds. The molecule has 0 bridgehead atoms. The Kier molecular flexibility index (Phi) is 4.00. The molecule has 7 nitrogen and oxygen atoms in total. The molecule has 0 heterocycles. The smallest absolute Gasteiger partial charge is 0.282 e. The second-order valence-corrected chi connectivity index (χ2v) is 4.67. The number of rotatable bonds is 3. The van der Waals surface area contributed by atoms with Gasteiger partial charge in [0.15, 0.2) is 0 Å². The third kappa shape index (κ3) is 3.28. The van der Waals surface area contributed by atoms with Crippen molar-refractivity contribution in [3.63, 3.8) is 0 Å². The number of hydrogen-bond acceptors (Lipinski definition) is 6. The molecular weight excluding hydrogens is 256 g/mol. The first-order valence-electron chi connectivity index (χ1n) is 4.60. The van der Waals surface area contributed by atoms with E-state index in [1.807, 2.05) is 0 Å². The molecule has 1 rings (SSSR count). The molecule has 0 aromatic heterocycles. The van der Waals surface area contributed by atoms with Gasteiger partial charge in [-0.25, -0.2) is 0 Å². The zero-order chi connectivity index (χ0) is 13.8. The van der Waals surface area contributed by atoms with Crippen LogP contribution in [0.2, 0.25) is 0 Å². The summed E-state index contributed by atoms with van der Waals surface area (Å²) >= 11 is 0. The summed E-state index contributed by atoms with van der Waals surface area (Å²) in [5, 5.41) is 20.4. The summed E-state index contributed by atoms with van der Waals surface area (Å²) in [5.74, 6) is 0. The summed E-state index contributed by atoms with van der Waals surface area (Å²) in [7, 11) is -4.31. The van der Waals surface area contributed by atoms with Crippen molar-refractivity contribution in [3.05, 3.63) is 23.8 Å². The maximum absolute atomic E-state index is 10.9. The Balaban J connectivity index is 3.16. The van der Waals surface area contributed by atoms with E-state index in [0.717, 1.165) is 6.07 Å². The van der Waals surface area contributed by atoms with E-state index < -0.39 is 15.8 Å². The van der Waals surface area contributed by atoms with Crippen LogP contribution in [0.25, 0.3) is 0 Å². The zero-order valence-electron chi connectivity index (χ0n) is 9.25. The molecule has 0 saturated carbocycles. The van der Waals surface area contributed by atoms with Crippen molar-refractivity contribution in [2.75, 3.05) is 5.43 Å². The number of hydrazone groups is 1. The van der Waals surface area contributed by atoms with Crippen LogP contribution in [-0.2, 0) is 10.1 Å². The quantitative estimate of drug-likeness (QED) is 0.477. The van der Waals surface area contributed by atoms with E-state index in [2.05, 4.69) is 10.5 Å². The van der Waals surface area contributed by atoms with E-state index in [4.69, 9.17) is 15.1 Å². The Morgan fingerprint density at radius 3 is 2.50 bits per heavy atom. The minimum absolute atomic E-state index is 0.271. The van der Waals surface area contributed by atoms with Gasteiger partial charge in [-0.05, 0) is 24.6 Å². The monoisotopic (exact) mass is 264 g/mol. The lowest BCUT2D eigenvalue weighted by atomic mass is 10.2. The fourth-order valence-corrected chi connectivity index (χ4v) is 1.58. The van der Waals surface area contributed by atoms with Gasteiger partial charge in [0, 0.05) is 0 Å². The number of anilines is 1. The third-order valence-corrected chi connectivity index (χ3v) is 2.86. The van der Waals surface area contributed by atoms with Crippen molar-refractivity contribution in [2.24, 2.45) is 5.10 Å². The van der Waals surface area contributed by atoms with Gasteiger partial charge in [-0.3, -0.25) is 9.98 Å². The first-order valence-corrected chi connectivity index (χ1v) is 6.04. The highest BCUT2D eigenvalue weighted by molar-refractivity contribution is 7.85. The van der Waals surface area contributed by atoms with Gasteiger partial charge in [0.1, 0.15) is 12.1 Å². The number of hydrogen-bond donors (Lipinski definition) is 2. The molecule has 0 saturated heterocycles. The van der Waals surface area contributed by atoms with Crippen molar-refractivity contribution in [3.8, 4) is 12.1 Å². The second-order valence-electron chi connectivity index (χ2n) is 3.25. The molecule has 0 radical (unpaired) electrons. The molecule has 1 aromatic rings. The topological polar surface area (TPSA) is 126 Å². The van der Waals surface area contributed by atoms with Crippen molar-refractivity contribution in [1.82, 2.24) is 0 Å². The Hall–Kier alpha value is -2.42. The van der Waals surface area contributed by atoms with Crippen LogP contribution >= 0.6 is 0 Å². The van der Waals surface area contributed by atoms with Gasteiger partial charge in [0.05, 0.1) is 10.6 Å². The van der Waals surface area contributed by atoms with Crippen LogP contribution in [-0.4, -0.2) is 18.7 Å². The lowest BCUT2D eigenvalue weighted by molar-refractivity contribution is 0.483. The van der Waals surface area contributed by atoms with Crippen molar-refractivity contribution in [2.45, 2.75) is 11.8 Å². The van der Waals surface area contributed by atoms with Gasteiger partial charge < -0.3 is 0 Å². The van der Waals surface area contributed by atoms with E-state index in [1.54, 1.807) is 19.1 Å². The summed E-state index contributed by atoms with van der Waals surface area (Å²) in [6, 6.07) is 6.93. The number of benzene rings is 1. The van der Waals surface area contributed by atoms with Crippen LogP contribution in [0, 0.1) is 29.6 Å². The number of aryl methyl sites for hydroxylation is 1. The summed E-state index contributed by atoms with van der Waals surface area (Å²) < 4.78 is 30.7. The number of nitrogens with zero attached hydrogens (tertiary/aromatic N) is 3. The Labute approximate surface area is 104 Å². The van der Waals surface area contributed by atoms with Crippen LogP contribution in [0.3, 0.4) is 0 Å². The van der Waals surface area contributed by atoms with E-state index in [9.17, 15) is 8.42 Å². The Morgan fingerprint density at radius 2 is 2.00 bits per heavy atom. The Morgan fingerprint density at radius 1 is 1.39 bits per heavy atom. The molecule has 92 valence electrons. The highest BCUT2D eigenvalue weighted by Gasteiger charge is 2.11. The minimum atomic E-state index is -4.31. The predicted octanol–water partition coefficient (Wildman–Crippen LogP) is 1.06. The molecular formula is C10H8N4O3S. The molecule has 0 unspecified atom stereocenters. The first-order chi connectivity index (χ1) is 8.38. The largest absolute Gasteiger partial charge is 0.294 e. The van der Waals surface area contributed by atoms with Crippen LogP contribution in [0.1, 0.15) is 5.56 Å². The van der Waals surface area contributed by atoms with Crippen LogP contribution in [0.4, 0.5) is 5.69 Å². The fourth-order valence-electron chi connectivity index (χ4n) is 1.07. The van der Waals surface area contributed by atoms with Gasteiger partial charge in [-0.15, -0.1) is 0 Å². The summed E-state index contributed by atoms with van der Waals surface area (Å²) in [6.45, 7) is 1.67. The molecule has 0 fully saturated rings. The van der Waals surface area contributed by atoms with Gasteiger partial charge >= 0.3 is 0 Å². The lowest BCUT2D eigenvalue weighted by Crippen LogP contribution is -2.02. The SMILES string of the molecule is Cc1ccc(S(=O)(=O)O)cc1NN=C(C#N)C#N. The normalized spacial score (nSPS) is 10.0. The summed E-state index contributed by atoms with van der Waals surface area (Å²) in [6.07, 6.45) is 0. The number of nitriles is 2. The molecule has 0 aliphatic rings. The molecule has 8 heteroatoms. The summed E-state index contributed by atoms with van der Waals surface area (Å²) in [4.78, 5) is -0.304. The van der Waals surface area contributed by atoms with Gasteiger partial charge in [0.2, 0.25) is 5.71 Å². The third-order valence-electron chi connectivity index (χ3n) is 2.01. The van der Waals surface area contributed by atoms with Crippen molar-refractivity contribution in [1.29, 1.82) is 10.5 Å². The summed E-state index contributed by atoms with van der Waals surface area (Å²) in [5.41, 5.74) is 2.91. The van der Waals surface area contributed by atoms with Crippen molar-refractivity contribution < 1.29 is 13.0 Å². The van der Waals surface area contributed by atoms with Crippen LogP contribution in [0.5, 0.6) is 0 Å². The molecule has 0 aliphatic carbocycles.